The topological polar surface area (TPSA) is 75.7 Å². The van der Waals surface area contributed by atoms with Crippen molar-refractivity contribution in [2.75, 3.05) is 5.32 Å². The third-order valence-corrected chi connectivity index (χ3v) is 4.83. The van der Waals surface area contributed by atoms with Crippen molar-refractivity contribution < 1.29 is 19.1 Å². The molecular weight excluding hydrogens is 368 g/mol. The smallest absolute Gasteiger partial charge is 0.309 e. The summed E-state index contributed by atoms with van der Waals surface area (Å²) in [6, 6.07) is 14.5. The molecule has 1 aliphatic heterocycles. The number of anilines is 1. The zero-order valence-electron chi connectivity index (χ0n) is 16.7. The number of fused-ring (bicyclic) bond motifs is 1. The molecule has 1 N–H and O–H groups in total. The van der Waals surface area contributed by atoms with Gasteiger partial charge in [-0.2, -0.15) is 0 Å². The van der Waals surface area contributed by atoms with E-state index in [1.54, 1.807) is 18.3 Å². The van der Waals surface area contributed by atoms with Crippen molar-refractivity contribution in [2.24, 2.45) is 0 Å². The summed E-state index contributed by atoms with van der Waals surface area (Å²) in [4.78, 5) is 38.4. The molecule has 29 heavy (non-hydrogen) atoms. The number of aryl methyl sites for hydroxylation is 1. The zero-order valence-corrected chi connectivity index (χ0v) is 16.7. The molecular formula is C23H24N2O4. The number of nitrogens with zero attached hydrogens (tertiary/aromatic N) is 1. The lowest BCUT2D eigenvalue weighted by atomic mass is 9.94. The summed E-state index contributed by atoms with van der Waals surface area (Å²) in [7, 11) is 0. The van der Waals surface area contributed by atoms with Crippen LogP contribution in [-0.2, 0) is 19.1 Å². The third kappa shape index (κ3) is 4.90. The Hall–Kier alpha value is -3.41. The molecule has 6 heteroatoms. The summed E-state index contributed by atoms with van der Waals surface area (Å²) in [5.41, 5.74) is 3.55. The second-order valence-electron chi connectivity index (χ2n) is 7.08. The highest BCUT2D eigenvalue weighted by molar-refractivity contribution is 5.95. The summed E-state index contributed by atoms with van der Waals surface area (Å²) < 4.78 is 5.34. The molecule has 2 amide bonds. The van der Waals surface area contributed by atoms with E-state index in [1.807, 2.05) is 49.4 Å². The van der Waals surface area contributed by atoms with Crippen molar-refractivity contribution in [1.29, 1.82) is 0 Å². The van der Waals surface area contributed by atoms with Crippen LogP contribution in [0, 0.1) is 6.92 Å². The van der Waals surface area contributed by atoms with Crippen molar-refractivity contribution in [2.45, 2.75) is 39.3 Å². The van der Waals surface area contributed by atoms with Crippen LogP contribution in [0.25, 0.3) is 6.08 Å². The number of rotatable bonds is 5. The van der Waals surface area contributed by atoms with Gasteiger partial charge in [0.25, 0.3) is 5.91 Å². The first-order valence-corrected chi connectivity index (χ1v) is 9.48. The number of amides is 2. The first-order valence-electron chi connectivity index (χ1n) is 9.48. The van der Waals surface area contributed by atoms with Crippen molar-refractivity contribution in [3.05, 3.63) is 71.4 Å². The SMILES string of the molecule is CC(=O)N1C=Cc2ccccc2[C@@H]1CC(=O)O[C@H](C)C(=O)Nc1ccc(C)cc1. The molecule has 2 atom stereocenters. The Kier molecular flexibility index (Phi) is 6.12. The number of ether oxygens (including phenoxy) is 1. The van der Waals surface area contributed by atoms with Gasteiger partial charge in [0.2, 0.25) is 5.91 Å². The van der Waals surface area contributed by atoms with Gasteiger partial charge in [0.15, 0.2) is 6.10 Å². The Balaban J connectivity index is 1.65. The maximum atomic E-state index is 12.5. The molecule has 2 aromatic rings. The van der Waals surface area contributed by atoms with Gasteiger partial charge in [-0.1, -0.05) is 42.0 Å². The zero-order chi connectivity index (χ0) is 21.0. The van der Waals surface area contributed by atoms with Gasteiger partial charge in [0.1, 0.15) is 0 Å². The Morgan fingerprint density at radius 3 is 2.48 bits per heavy atom. The van der Waals surface area contributed by atoms with Crippen molar-refractivity contribution in [3.63, 3.8) is 0 Å². The Labute approximate surface area is 170 Å². The van der Waals surface area contributed by atoms with Gasteiger partial charge in [0, 0.05) is 18.8 Å². The number of nitrogens with one attached hydrogen (secondary N) is 1. The van der Waals surface area contributed by atoms with Gasteiger partial charge in [-0.05, 0) is 43.2 Å². The average molecular weight is 392 g/mol. The van der Waals surface area contributed by atoms with Gasteiger partial charge in [0.05, 0.1) is 12.5 Å². The molecule has 0 fully saturated rings. The molecule has 0 radical (unpaired) electrons. The Morgan fingerprint density at radius 1 is 1.10 bits per heavy atom. The third-order valence-electron chi connectivity index (χ3n) is 4.83. The molecule has 150 valence electrons. The van der Waals surface area contributed by atoms with E-state index in [2.05, 4.69) is 5.32 Å². The largest absolute Gasteiger partial charge is 0.452 e. The van der Waals surface area contributed by atoms with Crippen LogP contribution in [-0.4, -0.2) is 28.8 Å². The van der Waals surface area contributed by atoms with Crippen molar-refractivity contribution in [1.82, 2.24) is 4.90 Å². The molecule has 0 bridgehead atoms. The summed E-state index contributed by atoms with van der Waals surface area (Å²) in [5, 5.41) is 2.73. The second-order valence-corrected chi connectivity index (χ2v) is 7.08. The molecule has 0 saturated heterocycles. The normalized spacial score (nSPS) is 16.0. The van der Waals surface area contributed by atoms with Crippen LogP contribution in [0.4, 0.5) is 5.69 Å². The number of esters is 1. The highest BCUT2D eigenvalue weighted by Crippen LogP contribution is 2.33. The van der Waals surface area contributed by atoms with Gasteiger partial charge >= 0.3 is 5.97 Å². The van der Waals surface area contributed by atoms with Crippen LogP contribution in [0.15, 0.2) is 54.7 Å². The molecule has 3 rings (SSSR count). The minimum atomic E-state index is -0.955. The molecule has 1 heterocycles. The van der Waals surface area contributed by atoms with E-state index in [0.29, 0.717) is 5.69 Å². The quantitative estimate of drug-likeness (QED) is 0.785. The van der Waals surface area contributed by atoms with Crippen LogP contribution in [0.5, 0.6) is 0 Å². The molecule has 6 nitrogen and oxygen atoms in total. The van der Waals surface area contributed by atoms with E-state index in [-0.39, 0.29) is 12.3 Å². The Bertz CT molecular complexity index is 950. The maximum Gasteiger partial charge on any atom is 0.309 e. The molecule has 0 spiro atoms. The highest BCUT2D eigenvalue weighted by Gasteiger charge is 2.30. The molecule has 0 aliphatic carbocycles. The van der Waals surface area contributed by atoms with E-state index in [0.717, 1.165) is 16.7 Å². The van der Waals surface area contributed by atoms with Gasteiger partial charge in [-0.25, -0.2) is 0 Å². The molecule has 0 saturated carbocycles. The molecule has 0 aromatic heterocycles. The lowest BCUT2D eigenvalue weighted by Gasteiger charge is -2.32. The average Bonchev–Trinajstić information content (AvgIpc) is 2.69. The van der Waals surface area contributed by atoms with Crippen LogP contribution in [0.3, 0.4) is 0 Å². The van der Waals surface area contributed by atoms with E-state index in [4.69, 9.17) is 4.74 Å². The fraction of sp³-hybridized carbons (Fsp3) is 0.261. The minimum absolute atomic E-state index is 0.0386. The lowest BCUT2D eigenvalue weighted by Crippen LogP contribution is -2.34. The summed E-state index contributed by atoms with van der Waals surface area (Å²) >= 11 is 0. The predicted molar refractivity (Wildman–Crippen MR) is 111 cm³/mol. The van der Waals surface area contributed by atoms with Crippen LogP contribution < -0.4 is 5.32 Å². The molecule has 0 unspecified atom stereocenters. The monoisotopic (exact) mass is 392 g/mol. The number of carbonyl (C=O) groups excluding carboxylic acids is 3. The minimum Gasteiger partial charge on any atom is -0.452 e. The molecule has 2 aromatic carbocycles. The Morgan fingerprint density at radius 2 is 1.79 bits per heavy atom. The van der Waals surface area contributed by atoms with Crippen LogP contribution >= 0.6 is 0 Å². The standard InChI is InChI=1S/C23H24N2O4/c1-15-8-10-19(11-9-15)24-23(28)16(2)29-22(27)14-21-20-7-5-4-6-18(20)12-13-25(21)17(3)26/h4-13,16,21H,14H2,1-3H3,(H,24,28)/t16-,21+/m1/s1. The van der Waals surface area contributed by atoms with Crippen molar-refractivity contribution >= 4 is 29.5 Å². The van der Waals surface area contributed by atoms with E-state index in [1.165, 1.54) is 18.7 Å². The summed E-state index contributed by atoms with van der Waals surface area (Å²) in [5.74, 6) is -1.12. The number of hydrogen-bond donors (Lipinski definition) is 1. The van der Waals surface area contributed by atoms with Gasteiger partial charge in [-0.15, -0.1) is 0 Å². The second kappa shape index (κ2) is 8.73. The predicted octanol–water partition coefficient (Wildman–Crippen LogP) is 3.83. The van der Waals surface area contributed by atoms with E-state index < -0.39 is 24.0 Å². The fourth-order valence-corrected chi connectivity index (χ4v) is 3.25. The number of carbonyl (C=O) groups is 3. The van der Waals surface area contributed by atoms with Gasteiger partial charge < -0.3 is 15.0 Å². The first kappa shape index (κ1) is 20.3. The van der Waals surface area contributed by atoms with Crippen LogP contribution in [0.1, 0.15) is 43.0 Å². The first-order chi connectivity index (χ1) is 13.8. The van der Waals surface area contributed by atoms with Crippen LogP contribution in [0.2, 0.25) is 0 Å². The highest BCUT2D eigenvalue weighted by atomic mass is 16.5. The van der Waals surface area contributed by atoms with E-state index >= 15 is 0 Å². The maximum absolute atomic E-state index is 12.5. The van der Waals surface area contributed by atoms with Gasteiger partial charge in [-0.3, -0.25) is 14.4 Å². The molecule has 1 aliphatic rings. The van der Waals surface area contributed by atoms with Crippen molar-refractivity contribution in [3.8, 4) is 0 Å². The lowest BCUT2D eigenvalue weighted by molar-refractivity contribution is -0.154. The fourth-order valence-electron chi connectivity index (χ4n) is 3.25. The van der Waals surface area contributed by atoms with E-state index in [9.17, 15) is 14.4 Å². The number of benzene rings is 2. The number of hydrogen-bond acceptors (Lipinski definition) is 4. The summed E-state index contributed by atoms with van der Waals surface area (Å²) in [6.07, 6.45) is 2.53. The summed E-state index contributed by atoms with van der Waals surface area (Å²) in [6.45, 7) is 4.94.